The summed E-state index contributed by atoms with van der Waals surface area (Å²) in [7, 11) is 1.92. The third-order valence-corrected chi connectivity index (χ3v) is 4.95. The normalized spacial score (nSPS) is 13.4. The quantitative estimate of drug-likeness (QED) is 0.549. The first-order valence-electron chi connectivity index (χ1n) is 8.16. The Morgan fingerprint density at radius 2 is 1.88 bits per heavy atom. The van der Waals surface area contributed by atoms with E-state index in [4.69, 9.17) is 11.6 Å². The van der Waals surface area contributed by atoms with Gasteiger partial charge < -0.3 is 4.90 Å². The molecule has 3 aromatic rings. The van der Waals surface area contributed by atoms with E-state index in [0.29, 0.717) is 22.9 Å². The standard InChI is InChI=1S/C19H16BrClN4O/c1-23-16-8-7-13(21)11-17(16)25(14-5-3-2-4-6-14)19(26)15-12-24(10-9-20)22-18(15)23/h2-8,11-12H,9-10H2,1H3. The van der Waals surface area contributed by atoms with Gasteiger partial charge in [0.15, 0.2) is 5.82 Å². The Hall–Kier alpha value is -2.31. The largest absolute Gasteiger partial charge is 0.326 e. The number of aryl methyl sites for hydroxylation is 1. The van der Waals surface area contributed by atoms with Crippen LogP contribution < -0.4 is 9.80 Å². The first-order chi connectivity index (χ1) is 12.6. The second-order valence-corrected chi connectivity index (χ2v) is 7.22. The monoisotopic (exact) mass is 430 g/mol. The van der Waals surface area contributed by atoms with Gasteiger partial charge in [0, 0.05) is 29.3 Å². The molecule has 0 unspecified atom stereocenters. The molecule has 1 aromatic heterocycles. The highest BCUT2D eigenvalue weighted by Gasteiger charge is 2.33. The van der Waals surface area contributed by atoms with Crippen LogP contribution in [-0.2, 0) is 6.54 Å². The van der Waals surface area contributed by atoms with Crippen molar-refractivity contribution in [2.24, 2.45) is 0 Å². The van der Waals surface area contributed by atoms with Crippen LogP contribution in [0.4, 0.5) is 22.9 Å². The molecule has 1 amide bonds. The number of carbonyl (C=O) groups is 1. The van der Waals surface area contributed by atoms with Crippen LogP contribution in [0.25, 0.3) is 0 Å². The van der Waals surface area contributed by atoms with Crippen molar-refractivity contribution in [3.63, 3.8) is 0 Å². The molecule has 2 heterocycles. The predicted octanol–water partition coefficient (Wildman–Crippen LogP) is 4.99. The molecular weight excluding hydrogens is 416 g/mol. The Bertz CT molecular complexity index is 973. The first kappa shape index (κ1) is 17.1. The van der Waals surface area contributed by atoms with Crippen LogP contribution in [0.3, 0.4) is 0 Å². The minimum atomic E-state index is -0.125. The molecule has 0 saturated carbocycles. The Balaban J connectivity index is 1.97. The van der Waals surface area contributed by atoms with Crippen LogP contribution in [0.5, 0.6) is 0 Å². The number of carbonyl (C=O) groups excluding carboxylic acids is 1. The van der Waals surface area contributed by atoms with Crippen molar-refractivity contribution in [1.29, 1.82) is 0 Å². The van der Waals surface area contributed by atoms with Crippen LogP contribution in [0.2, 0.25) is 5.02 Å². The highest BCUT2D eigenvalue weighted by atomic mass is 79.9. The summed E-state index contributed by atoms with van der Waals surface area (Å²) in [4.78, 5) is 17.1. The molecule has 0 atom stereocenters. The lowest BCUT2D eigenvalue weighted by Gasteiger charge is -2.25. The fraction of sp³-hybridized carbons (Fsp3) is 0.158. The number of alkyl halides is 1. The summed E-state index contributed by atoms with van der Waals surface area (Å²) in [5.74, 6) is 0.512. The predicted molar refractivity (Wildman–Crippen MR) is 108 cm³/mol. The first-order valence-corrected chi connectivity index (χ1v) is 9.66. The van der Waals surface area contributed by atoms with Gasteiger partial charge in [0.2, 0.25) is 0 Å². The number of amides is 1. The number of hydrogen-bond acceptors (Lipinski definition) is 3. The van der Waals surface area contributed by atoms with E-state index in [-0.39, 0.29) is 5.91 Å². The number of benzene rings is 2. The van der Waals surface area contributed by atoms with Gasteiger partial charge in [0.05, 0.1) is 17.9 Å². The van der Waals surface area contributed by atoms with Crippen molar-refractivity contribution < 1.29 is 4.79 Å². The molecule has 7 heteroatoms. The molecule has 1 aliphatic heterocycles. The van der Waals surface area contributed by atoms with Crippen LogP contribution >= 0.6 is 27.5 Å². The van der Waals surface area contributed by atoms with Gasteiger partial charge in [-0.15, -0.1) is 0 Å². The summed E-state index contributed by atoms with van der Waals surface area (Å²) in [5, 5.41) is 5.96. The van der Waals surface area contributed by atoms with E-state index >= 15 is 0 Å². The molecule has 0 saturated heterocycles. The maximum absolute atomic E-state index is 13.5. The third-order valence-electron chi connectivity index (χ3n) is 4.36. The zero-order chi connectivity index (χ0) is 18.3. The van der Waals surface area contributed by atoms with E-state index in [1.165, 1.54) is 0 Å². The van der Waals surface area contributed by atoms with E-state index in [1.54, 1.807) is 15.8 Å². The minimum absolute atomic E-state index is 0.125. The van der Waals surface area contributed by atoms with E-state index in [0.717, 1.165) is 22.4 Å². The Labute approximate surface area is 164 Å². The van der Waals surface area contributed by atoms with E-state index in [1.807, 2.05) is 60.5 Å². The third kappa shape index (κ3) is 2.79. The molecule has 0 spiro atoms. The van der Waals surface area contributed by atoms with Crippen molar-refractivity contribution in [1.82, 2.24) is 9.78 Å². The Morgan fingerprint density at radius 3 is 2.62 bits per heavy atom. The minimum Gasteiger partial charge on any atom is -0.326 e. The number of nitrogens with zero attached hydrogens (tertiary/aromatic N) is 4. The number of aromatic nitrogens is 2. The van der Waals surface area contributed by atoms with E-state index < -0.39 is 0 Å². The molecule has 5 nitrogen and oxygen atoms in total. The summed E-state index contributed by atoms with van der Waals surface area (Å²) >= 11 is 9.67. The topological polar surface area (TPSA) is 41.4 Å². The van der Waals surface area contributed by atoms with Gasteiger partial charge >= 0.3 is 0 Å². The summed E-state index contributed by atoms with van der Waals surface area (Å²) in [6.45, 7) is 0.687. The van der Waals surface area contributed by atoms with Gasteiger partial charge in [-0.1, -0.05) is 45.7 Å². The fourth-order valence-corrected chi connectivity index (χ4v) is 3.68. The molecular formula is C19H16BrClN4O. The average molecular weight is 432 g/mol. The Morgan fingerprint density at radius 1 is 1.12 bits per heavy atom. The lowest BCUT2D eigenvalue weighted by Crippen LogP contribution is -2.25. The zero-order valence-corrected chi connectivity index (χ0v) is 16.4. The lowest BCUT2D eigenvalue weighted by molar-refractivity contribution is 0.100. The summed E-state index contributed by atoms with van der Waals surface area (Å²) < 4.78 is 1.79. The van der Waals surface area contributed by atoms with Crippen LogP contribution in [0, 0.1) is 0 Å². The molecule has 4 rings (SSSR count). The highest BCUT2D eigenvalue weighted by Crippen LogP contribution is 2.43. The molecule has 0 aliphatic carbocycles. The molecule has 0 N–H and O–H groups in total. The molecule has 0 fully saturated rings. The van der Waals surface area contributed by atoms with Crippen molar-refractivity contribution in [3.8, 4) is 0 Å². The highest BCUT2D eigenvalue weighted by molar-refractivity contribution is 9.09. The van der Waals surface area contributed by atoms with Gasteiger partial charge in [-0.3, -0.25) is 14.4 Å². The van der Waals surface area contributed by atoms with Gasteiger partial charge in [-0.2, -0.15) is 5.10 Å². The fourth-order valence-electron chi connectivity index (χ4n) is 3.15. The SMILES string of the molecule is CN1c2ccc(Cl)cc2N(c2ccccc2)C(=O)c2cn(CCBr)nc21. The van der Waals surface area contributed by atoms with E-state index in [9.17, 15) is 4.79 Å². The maximum atomic E-state index is 13.5. The number of rotatable bonds is 3. The van der Waals surface area contributed by atoms with Crippen LogP contribution in [0.1, 0.15) is 10.4 Å². The van der Waals surface area contributed by atoms with Gasteiger partial charge in [0.25, 0.3) is 5.91 Å². The number of hydrogen-bond donors (Lipinski definition) is 0. The maximum Gasteiger partial charge on any atom is 0.268 e. The van der Waals surface area contributed by atoms with Crippen molar-refractivity contribution >= 4 is 56.3 Å². The lowest BCUT2D eigenvalue weighted by atomic mass is 10.2. The summed E-state index contributed by atoms with van der Waals surface area (Å²) in [6.07, 6.45) is 1.80. The smallest absolute Gasteiger partial charge is 0.268 e. The summed E-state index contributed by atoms with van der Waals surface area (Å²) in [5.41, 5.74) is 2.95. The zero-order valence-electron chi connectivity index (χ0n) is 14.1. The van der Waals surface area contributed by atoms with Gasteiger partial charge in [0.1, 0.15) is 5.56 Å². The number of halogens is 2. The second kappa shape index (κ2) is 6.78. The van der Waals surface area contributed by atoms with Crippen molar-refractivity contribution in [2.75, 3.05) is 22.2 Å². The second-order valence-electron chi connectivity index (χ2n) is 5.99. The summed E-state index contributed by atoms with van der Waals surface area (Å²) in [6, 6.07) is 15.1. The van der Waals surface area contributed by atoms with Crippen LogP contribution in [-0.4, -0.2) is 28.1 Å². The molecule has 26 heavy (non-hydrogen) atoms. The molecule has 0 bridgehead atoms. The van der Waals surface area contributed by atoms with Crippen molar-refractivity contribution in [3.05, 3.63) is 65.3 Å². The molecule has 2 aromatic carbocycles. The van der Waals surface area contributed by atoms with Crippen LogP contribution in [0.15, 0.2) is 54.7 Å². The van der Waals surface area contributed by atoms with Crippen molar-refractivity contribution in [2.45, 2.75) is 6.54 Å². The molecule has 0 radical (unpaired) electrons. The van der Waals surface area contributed by atoms with Gasteiger partial charge in [-0.05, 0) is 30.3 Å². The number of fused-ring (bicyclic) bond motifs is 2. The number of para-hydroxylation sites is 1. The molecule has 132 valence electrons. The average Bonchev–Trinajstić information content (AvgIpc) is 3.04. The van der Waals surface area contributed by atoms with Gasteiger partial charge in [-0.25, -0.2) is 0 Å². The Kier molecular flexibility index (Phi) is 4.46. The molecule has 1 aliphatic rings. The van der Waals surface area contributed by atoms with E-state index in [2.05, 4.69) is 21.0 Å². The number of anilines is 4.